The van der Waals surface area contributed by atoms with E-state index in [0.717, 1.165) is 26.1 Å². The van der Waals surface area contributed by atoms with Crippen LogP contribution in [0.4, 0.5) is 0 Å². The van der Waals surface area contributed by atoms with Crippen LogP contribution in [-0.2, 0) is 4.74 Å². The van der Waals surface area contributed by atoms with Crippen molar-refractivity contribution >= 4 is 5.57 Å². The zero-order chi connectivity index (χ0) is 10.5. The average Bonchev–Trinajstić information content (AvgIpc) is 2.31. The molecule has 2 heteroatoms. The molecule has 0 fully saturated rings. The van der Waals surface area contributed by atoms with Crippen LogP contribution in [0.1, 0.15) is 12.0 Å². The van der Waals surface area contributed by atoms with Crippen molar-refractivity contribution in [2.45, 2.75) is 6.42 Å². The van der Waals surface area contributed by atoms with Gasteiger partial charge in [-0.15, -0.1) is 0 Å². The Morgan fingerprint density at radius 3 is 2.80 bits per heavy atom. The first-order chi connectivity index (χ1) is 7.42. The molecule has 15 heavy (non-hydrogen) atoms. The van der Waals surface area contributed by atoms with Gasteiger partial charge in [-0.2, -0.15) is 0 Å². The van der Waals surface area contributed by atoms with Crippen molar-refractivity contribution in [2.75, 3.05) is 26.8 Å². The molecule has 0 aromatic heterocycles. The molecule has 0 saturated carbocycles. The van der Waals surface area contributed by atoms with Crippen molar-refractivity contribution in [3.8, 4) is 0 Å². The first kappa shape index (κ1) is 10.4. The van der Waals surface area contributed by atoms with Crippen LogP contribution in [0.15, 0.2) is 35.9 Å². The molecule has 1 aromatic carbocycles. The third-order valence-electron chi connectivity index (χ3n) is 2.77. The first-order valence-corrected chi connectivity index (χ1v) is 5.38. The van der Waals surface area contributed by atoms with Gasteiger partial charge in [-0.05, 0) is 29.7 Å². The van der Waals surface area contributed by atoms with E-state index in [-0.39, 0.29) is 0 Å². The molecule has 0 radical (unpaired) electrons. The van der Waals surface area contributed by atoms with Crippen molar-refractivity contribution in [1.82, 2.24) is 5.32 Å². The molecule has 0 bridgehead atoms. The van der Waals surface area contributed by atoms with Gasteiger partial charge in [0, 0.05) is 13.7 Å². The lowest BCUT2D eigenvalue weighted by Crippen LogP contribution is -2.25. The normalized spacial score (nSPS) is 16.9. The highest BCUT2D eigenvalue weighted by molar-refractivity contribution is 5.71. The molecule has 0 aliphatic carbocycles. The molecule has 0 atom stereocenters. The lowest BCUT2D eigenvalue weighted by Gasteiger charge is -2.21. The second-order valence-electron chi connectivity index (χ2n) is 3.81. The summed E-state index contributed by atoms with van der Waals surface area (Å²) in [6, 6.07) is 10.6. The SMILES string of the molecule is COCC1=C(c2ccccc2)CNCC1. The fraction of sp³-hybridized carbons (Fsp3) is 0.385. The smallest absolute Gasteiger partial charge is 0.0679 e. The van der Waals surface area contributed by atoms with E-state index in [0.29, 0.717) is 0 Å². The molecule has 2 nitrogen and oxygen atoms in total. The van der Waals surface area contributed by atoms with Gasteiger partial charge in [0.1, 0.15) is 0 Å². The molecule has 1 aliphatic rings. The molecule has 0 amide bonds. The van der Waals surface area contributed by atoms with Gasteiger partial charge >= 0.3 is 0 Å². The van der Waals surface area contributed by atoms with Crippen molar-refractivity contribution in [2.24, 2.45) is 0 Å². The largest absolute Gasteiger partial charge is 0.380 e. The van der Waals surface area contributed by atoms with Gasteiger partial charge in [-0.1, -0.05) is 30.3 Å². The van der Waals surface area contributed by atoms with Crippen LogP contribution >= 0.6 is 0 Å². The van der Waals surface area contributed by atoms with E-state index >= 15 is 0 Å². The van der Waals surface area contributed by atoms with E-state index in [1.54, 1.807) is 7.11 Å². The van der Waals surface area contributed by atoms with E-state index in [1.165, 1.54) is 16.7 Å². The molecule has 1 aliphatic heterocycles. The van der Waals surface area contributed by atoms with Gasteiger partial charge in [-0.25, -0.2) is 0 Å². The maximum atomic E-state index is 5.25. The maximum Gasteiger partial charge on any atom is 0.0679 e. The topological polar surface area (TPSA) is 21.3 Å². The van der Waals surface area contributed by atoms with Crippen molar-refractivity contribution < 1.29 is 4.74 Å². The Balaban J connectivity index is 2.30. The zero-order valence-electron chi connectivity index (χ0n) is 9.12. The van der Waals surface area contributed by atoms with Gasteiger partial charge in [0.25, 0.3) is 0 Å². The van der Waals surface area contributed by atoms with Crippen LogP contribution < -0.4 is 5.32 Å². The molecule has 80 valence electrons. The lowest BCUT2D eigenvalue weighted by atomic mass is 9.95. The van der Waals surface area contributed by atoms with E-state index in [2.05, 4.69) is 35.6 Å². The minimum atomic E-state index is 0.756. The summed E-state index contributed by atoms with van der Waals surface area (Å²) < 4.78 is 5.25. The average molecular weight is 203 g/mol. The number of hydrogen-bond acceptors (Lipinski definition) is 2. The zero-order valence-corrected chi connectivity index (χ0v) is 9.12. The highest BCUT2D eigenvalue weighted by atomic mass is 16.5. The fourth-order valence-corrected chi connectivity index (χ4v) is 2.01. The monoisotopic (exact) mass is 203 g/mol. The fourth-order valence-electron chi connectivity index (χ4n) is 2.01. The van der Waals surface area contributed by atoms with E-state index < -0.39 is 0 Å². The van der Waals surface area contributed by atoms with Gasteiger partial charge < -0.3 is 10.1 Å². The summed E-state index contributed by atoms with van der Waals surface area (Å²) in [5, 5.41) is 3.41. The van der Waals surface area contributed by atoms with Crippen molar-refractivity contribution in [1.29, 1.82) is 0 Å². The van der Waals surface area contributed by atoms with Crippen molar-refractivity contribution in [3.63, 3.8) is 0 Å². The van der Waals surface area contributed by atoms with Gasteiger partial charge in [0.05, 0.1) is 6.61 Å². The number of benzene rings is 1. The van der Waals surface area contributed by atoms with Crippen LogP contribution in [0.25, 0.3) is 5.57 Å². The molecule has 1 heterocycles. The molecule has 1 aromatic rings. The predicted molar refractivity (Wildman–Crippen MR) is 62.7 cm³/mol. The molecule has 1 N–H and O–H groups in total. The number of hydrogen-bond donors (Lipinski definition) is 1. The number of rotatable bonds is 3. The van der Waals surface area contributed by atoms with E-state index in [4.69, 9.17) is 4.74 Å². The summed E-state index contributed by atoms with van der Waals surface area (Å²) in [7, 11) is 1.76. The summed E-state index contributed by atoms with van der Waals surface area (Å²) in [5.41, 5.74) is 4.16. The van der Waals surface area contributed by atoms with Gasteiger partial charge in [0.2, 0.25) is 0 Å². The third kappa shape index (κ3) is 2.46. The number of ether oxygens (including phenoxy) is 1. The molecular weight excluding hydrogens is 186 g/mol. The highest BCUT2D eigenvalue weighted by Gasteiger charge is 2.13. The summed E-state index contributed by atoms with van der Waals surface area (Å²) >= 11 is 0. The van der Waals surface area contributed by atoms with Crippen LogP contribution in [0.3, 0.4) is 0 Å². The predicted octanol–water partition coefficient (Wildman–Crippen LogP) is 2.08. The van der Waals surface area contributed by atoms with Crippen LogP contribution in [0.5, 0.6) is 0 Å². The van der Waals surface area contributed by atoms with Crippen LogP contribution in [0, 0.1) is 0 Å². The van der Waals surface area contributed by atoms with Gasteiger partial charge in [0.15, 0.2) is 0 Å². The Labute approximate surface area is 91.0 Å². The molecular formula is C13H17NO. The first-order valence-electron chi connectivity index (χ1n) is 5.38. The van der Waals surface area contributed by atoms with Gasteiger partial charge in [-0.3, -0.25) is 0 Å². The van der Waals surface area contributed by atoms with Crippen LogP contribution in [-0.4, -0.2) is 26.8 Å². The molecule has 0 saturated heterocycles. The van der Waals surface area contributed by atoms with E-state index in [1.807, 2.05) is 0 Å². The minimum Gasteiger partial charge on any atom is -0.380 e. The Hall–Kier alpha value is -1.12. The molecule has 2 rings (SSSR count). The standard InChI is InChI=1S/C13H17NO/c1-15-10-12-7-8-14-9-13(12)11-5-3-2-4-6-11/h2-6,14H,7-10H2,1H3. The number of nitrogens with one attached hydrogen (secondary N) is 1. The second kappa shape index (κ2) is 5.10. The maximum absolute atomic E-state index is 5.25. The Morgan fingerprint density at radius 2 is 2.07 bits per heavy atom. The second-order valence-corrected chi connectivity index (χ2v) is 3.81. The van der Waals surface area contributed by atoms with E-state index in [9.17, 15) is 0 Å². The lowest BCUT2D eigenvalue weighted by molar-refractivity contribution is 0.222. The minimum absolute atomic E-state index is 0.756. The Bertz CT molecular complexity index is 343. The summed E-state index contributed by atoms with van der Waals surface area (Å²) in [6.07, 6.45) is 1.10. The Kier molecular flexibility index (Phi) is 3.54. The summed E-state index contributed by atoms with van der Waals surface area (Å²) in [6.45, 7) is 2.78. The molecule has 0 unspecified atom stereocenters. The Morgan fingerprint density at radius 1 is 1.27 bits per heavy atom. The molecule has 0 spiro atoms. The van der Waals surface area contributed by atoms with Crippen LogP contribution in [0.2, 0.25) is 0 Å². The number of methoxy groups -OCH3 is 1. The third-order valence-corrected chi connectivity index (χ3v) is 2.77. The summed E-state index contributed by atoms with van der Waals surface area (Å²) in [4.78, 5) is 0. The highest BCUT2D eigenvalue weighted by Crippen LogP contribution is 2.22. The quantitative estimate of drug-likeness (QED) is 0.812. The van der Waals surface area contributed by atoms with Crippen molar-refractivity contribution in [3.05, 3.63) is 41.5 Å². The summed E-state index contributed by atoms with van der Waals surface area (Å²) in [5.74, 6) is 0.